The zero-order valence-corrected chi connectivity index (χ0v) is 23.3. The van der Waals surface area contributed by atoms with Gasteiger partial charge in [-0.05, 0) is 98.7 Å². The maximum atomic E-state index is 12.7. The SMILES string of the molecule is CCOc1ccccc1NC(=O)NCC(C)[C@H]1CC[C@H]2[C@@H]3CCC4N(C)C(=O)C=C[C@]4(C)[C@H]3CC[C@]12C. The number of amides is 3. The highest BCUT2D eigenvalue weighted by atomic mass is 16.5. The summed E-state index contributed by atoms with van der Waals surface area (Å²) in [5, 5.41) is 6.12. The van der Waals surface area contributed by atoms with Gasteiger partial charge in [0, 0.05) is 25.0 Å². The Hall–Kier alpha value is -2.50. The largest absolute Gasteiger partial charge is 0.492 e. The van der Waals surface area contributed by atoms with E-state index in [0.717, 1.165) is 18.3 Å². The Balaban J connectivity index is 1.23. The van der Waals surface area contributed by atoms with E-state index >= 15 is 0 Å². The number of benzene rings is 1. The Morgan fingerprint density at radius 1 is 1.14 bits per heavy atom. The van der Waals surface area contributed by atoms with Crippen molar-refractivity contribution in [1.82, 2.24) is 10.2 Å². The normalized spacial score (nSPS) is 37.3. The smallest absolute Gasteiger partial charge is 0.319 e. The van der Waals surface area contributed by atoms with Crippen molar-refractivity contribution in [1.29, 1.82) is 0 Å². The molecule has 6 nitrogen and oxygen atoms in total. The van der Waals surface area contributed by atoms with Gasteiger partial charge in [-0.15, -0.1) is 0 Å². The van der Waals surface area contributed by atoms with Crippen molar-refractivity contribution in [2.24, 2.45) is 40.4 Å². The second-order valence-electron chi connectivity index (χ2n) is 12.6. The van der Waals surface area contributed by atoms with Crippen molar-refractivity contribution in [3.63, 3.8) is 0 Å². The molecule has 3 amide bonds. The number of hydrogen-bond donors (Lipinski definition) is 2. The van der Waals surface area contributed by atoms with Crippen molar-refractivity contribution in [2.45, 2.75) is 72.3 Å². The van der Waals surface area contributed by atoms with Gasteiger partial charge in [0.2, 0.25) is 5.91 Å². The second kappa shape index (κ2) is 9.99. The molecule has 1 aromatic carbocycles. The lowest BCUT2D eigenvalue weighted by molar-refractivity contribution is -0.139. The standard InChI is InChI=1S/C31H45N3O3/c1-6-37-26-10-8-7-9-25(26)33-29(36)32-19-20(2)22-12-13-23-21-11-14-27-31(4,18-16-28(35)34(27)5)24(21)15-17-30(22,23)3/h7-10,16,18,20-24,27H,6,11-15,17,19H2,1-5H3,(H2,32,33,36)/t20?,21-,22+,23-,24-,27?,30+,31+/m0/s1. The first-order chi connectivity index (χ1) is 17.7. The molecule has 5 rings (SSSR count). The summed E-state index contributed by atoms with van der Waals surface area (Å²) in [4.78, 5) is 27.1. The highest BCUT2D eigenvalue weighted by Crippen LogP contribution is 2.66. The third-order valence-corrected chi connectivity index (χ3v) is 10.9. The molecule has 202 valence electrons. The molecular weight excluding hydrogens is 462 g/mol. The van der Waals surface area contributed by atoms with Crippen molar-refractivity contribution in [3.05, 3.63) is 36.4 Å². The van der Waals surface area contributed by atoms with Crippen LogP contribution in [-0.2, 0) is 4.79 Å². The van der Waals surface area contributed by atoms with Gasteiger partial charge >= 0.3 is 6.03 Å². The molecule has 3 saturated carbocycles. The Morgan fingerprint density at radius 2 is 1.92 bits per heavy atom. The molecular formula is C31H45N3O3. The highest BCUT2D eigenvalue weighted by Gasteiger charge is 2.60. The van der Waals surface area contributed by atoms with E-state index in [-0.39, 0.29) is 17.4 Å². The van der Waals surface area contributed by atoms with E-state index in [9.17, 15) is 9.59 Å². The lowest BCUT2D eigenvalue weighted by atomic mass is 9.47. The summed E-state index contributed by atoms with van der Waals surface area (Å²) in [7, 11) is 1.99. The van der Waals surface area contributed by atoms with Crippen molar-refractivity contribution >= 4 is 17.6 Å². The molecule has 1 aliphatic heterocycles. The summed E-state index contributed by atoms with van der Waals surface area (Å²) in [5.41, 5.74) is 1.12. The number of fused-ring (bicyclic) bond motifs is 5. The van der Waals surface area contributed by atoms with E-state index in [0.29, 0.717) is 53.8 Å². The zero-order chi connectivity index (χ0) is 26.4. The van der Waals surface area contributed by atoms with Crippen LogP contribution < -0.4 is 15.4 Å². The molecule has 2 unspecified atom stereocenters. The van der Waals surface area contributed by atoms with E-state index in [2.05, 4.69) is 37.5 Å². The summed E-state index contributed by atoms with van der Waals surface area (Å²) < 4.78 is 5.65. The number of nitrogens with zero attached hydrogens (tertiary/aromatic N) is 1. The third kappa shape index (κ3) is 4.44. The lowest BCUT2D eigenvalue weighted by Crippen LogP contribution is -2.59. The van der Waals surface area contributed by atoms with Crippen LogP contribution in [0.25, 0.3) is 0 Å². The first-order valence-electron chi connectivity index (χ1n) is 14.4. The molecule has 3 fully saturated rings. The Morgan fingerprint density at radius 3 is 2.70 bits per heavy atom. The van der Waals surface area contributed by atoms with E-state index in [1.54, 1.807) is 0 Å². The van der Waals surface area contributed by atoms with Crippen LogP contribution in [0.3, 0.4) is 0 Å². The van der Waals surface area contributed by atoms with E-state index in [1.165, 1.54) is 32.1 Å². The van der Waals surface area contributed by atoms with Gasteiger partial charge in [0.15, 0.2) is 0 Å². The van der Waals surface area contributed by atoms with Gasteiger partial charge in [-0.3, -0.25) is 4.79 Å². The van der Waals surface area contributed by atoms with E-state index < -0.39 is 0 Å². The van der Waals surface area contributed by atoms with Crippen LogP contribution in [-0.4, -0.2) is 43.1 Å². The first kappa shape index (κ1) is 26.1. The molecule has 0 bridgehead atoms. The average molecular weight is 508 g/mol. The van der Waals surface area contributed by atoms with Gasteiger partial charge in [-0.1, -0.05) is 39.0 Å². The zero-order valence-electron chi connectivity index (χ0n) is 23.3. The van der Waals surface area contributed by atoms with Crippen molar-refractivity contribution in [3.8, 4) is 5.75 Å². The fraction of sp³-hybridized carbons (Fsp3) is 0.677. The number of rotatable bonds is 6. The number of likely N-dealkylation sites (N-methyl/N-ethyl adjacent to an activating group) is 1. The topological polar surface area (TPSA) is 70.7 Å². The summed E-state index contributed by atoms with van der Waals surface area (Å²) in [5.74, 6) is 4.02. The first-order valence-corrected chi connectivity index (χ1v) is 14.4. The molecule has 4 aliphatic rings. The Kier molecular flexibility index (Phi) is 7.06. The number of carbonyl (C=O) groups excluding carboxylic acids is 2. The predicted molar refractivity (Wildman–Crippen MR) is 147 cm³/mol. The van der Waals surface area contributed by atoms with Gasteiger partial charge in [0.05, 0.1) is 12.3 Å². The summed E-state index contributed by atoms with van der Waals surface area (Å²) in [6.45, 7) is 10.5. The van der Waals surface area contributed by atoms with Crippen LogP contribution in [0.2, 0.25) is 0 Å². The van der Waals surface area contributed by atoms with E-state index in [1.807, 2.05) is 49.2 Å². The van der Waals surface area contributed by atoms with Gasteiger partial charge < -0.3 is 20.3 Å². The van der Waals surface area contributed by atoms with Gasteiger partial charge in [0.1, 0.15) is 5.75 Å². The molecule has 0 spiro atoms. The van der Waals surface area contributed by atoms with Crippen LogP contribution in [0.5, 0.6) is 5.75 Å². The average Bonchev–Trinajstić information content (AvgIpc) is 3.24. The fourth-order valence-corrected chi connectivity index (χ4v) is 9.13. The van der Waals surface area contributed by atoms with E-state index in [4.69, 9.17) is 4.74 Å². The molecule has 0 saturated heterocycles. The molecule has 0 radical (unpaired) electrons. The molecule has 37 heavy (non-hydrogen) atoms. The number of para-hydroxylation sites is 2. The quantitative estimate of drug-likeness (QED) is 0.489. The predicted octanol–water partition coefficient (Wildman–Crippen LogP) is 6.10. The minimum atomic E-state index is -0.170. The number of ether oxygens (including phenoxy) is 1. The number of nitrogens with one attached hydrogen (secondary N) is 2. The summed E-state index contributed by atoms with van der Waals surface area (Å²) in [6, 6.07) is 7.74. The molecule has 6 heteroatoms. The van der Waals surface area contributed by atoms with Crippen LogP contribution >= 0.6 is 0 Å². The van der Waals surface area contributed by atoms with Gasteiger partial charge in [-0.2, -0.15) is 0 Å². The lowest BCUT2D eigenvalue weighted by Gasteiger charge is -2.60. The van der Waals surface area contributed by atoms with Crippen molar-refractivity contribution < 1.29 is 14.3 Å². The monoisotopic (exact) mass is 507 g/mol. The van der Waals surface area contributed by atoms with Crippen LogP contribution in [0.15, 0.2) is 36.4 Å². The number of urea groups is 1. The maximum absolute atomic E-state index is 12.7. The molecule has 2 N–H and O–H groups in total. The second-order valence-corrected chi connectivity index (χ2v) is 12.6. The van der Waals surface area contributed by atoms with Gasteiger partial charge in [-0.25, -0.2) is 4.79 Å². The highest BCUT2D eigenvalue weighted by molar-refractivity contribution is 5.91. The molecule has 3 aliphatic carbocycles. The number of anilines is 1. The van der Waals surface area contributed by atoms with Crippen LogP contribution in [0.1, 0.15) is 66.2 Å². The van der Waals surface area contributed by atoms with Crippen molar-refractivity contribution in [2.75, 3.05) is 25.5 Å². The number of carbonyl (C=O) groups is 2. The maximum Gasteiger partial charge on any atom is 0.319 e. The van der Waals surface area contributed by atoms with Crippen LogP contribution in [0, 0.1) is 40.4 Å². The van der Waals surface area contributed by atoms with Crippen LogP contribution in [0.4, 0.5) is 10.5 Å². The molecule has 1 heterocycles. The van der Waals surface area contributed by atoms with Gasteiger partial charge in [0.25, 0.3) is 0 Å². The Labute approximate surface area is 222 Å². The fourth-order valence-electron chi connectivity index (χ4n) is 9.13. The number of hydrogen-bond acceptors (Lipinski definition) is 3. The third-order valence-electron chi connectivity index (χ3n) is 10.9. The molecule has 8 atom stereocenters. The minimum absolute atomic E-state index is 0.0913. The summed E-state index contributed by atoms with van der Waals surface area (Å²) >= 11 is 0. The minimum Gasteiger partial charge on any atom is -0.492 e. The Bertz CT molecular complexity index is 1060. The molecule has 0 aromatic heterocycles. The summed E-state index contributed by atoms with van der Waals surface area (Å²) in [6.07, 6.45) is 11.5. The molecule has 1 aromatic rings.